The van der Waals surface area contributed by atoms with E-state index in [-0.39, 0.29) is 17.0 Å². The normalized spacial score (nSPS) is 18.5. The van der Waals surface area contributed by atoms with E-state index in [2.05, 4.69) is 21.4 Å². The summed E-state index contributed by atoms with van der Waals surface area (Å²) < 4.78 is 11.5. The zero-order valence-electron chi connectivity index (χ0n) is 8.52. The molecule has 4 heteroatoms. The molecule has 1 saturated heterocycles. The largest absolute Gasteiger partial charge is 0.343 e. The Kier molecular flexibility index (Phi) is 5.20. The first kappa shape index (κ1) is 13.1. The lowest BCUT2D eigenvalue weighted by Crippen LogP contribution is -2.27. The fourth-order valence-corrected chi connectivity index (χ4v) is 2.17. The summed E-state index contributed by atoms with van der Waals surface area (Å²) in [6.07, 6.45) is 1.87. The van der Waals surface area contributed by atoms with Crippen LogP contribution >= 0.6 is 26.2 Å². The Bertz CT molecular complexity index is 286. The summed E-state index contributed by atoms with van der Waals surface area (Å²) in [5, 5.41) is 0. The van der Waals surface area contributed by atoms with Crippen molar-refractivity contribution >= 4 is 26.2 Å². The summed E-state index contributed by atoms with van der Waals surface area (Å²) in [5.41, 5.74) is 1.12. The highest BCUT2D eigenvalue weighted by Crippen LogP contribution is 2.35. The lowest BCUT2D eigenvalue weighted by molar-refractivity contribution is -0.166. The molecule has 15 heavy (non-hydrogen) atoms. The molecule has 0 saturated carbocycles. The van der Waals surface area contributed by atoms with Crippen molar-refractivity contribution in [1.82, 2.24) is 0 Å². The third-order valence-corrected chi connectivity index (χ3v) is 2.73. The molecule has 0 amide bonds. The number of rotatable bonds is 3. The molecule has 0 spiro atoms. The van der Waals surface area contributed by atoms with Crippen molar-refractivity contribution in [1.29, 1.82) is 0 Å². The Labute approximate surface area is 103 Å². The van der Waals surface area contributed by atoms with Crippen molar-refractivity contribution in [3.63, 3.8) is 0 Å². The van der Waals surface area contributed by atoms with Gasteiger partial charge in [0.15, 0.2) is 5.79 Å². The van der Waals surface area contributed by atoms with E-state index in [1.54, 1.807) is 0 Å². The second-order valence-corrected chi connectivity index (χ2v) is 3.93. The van der Waals surface area contributed by atoms with Gasteiger partial charge in [-0.3, -0.25) is 0 Å². The lowest BCUT2D eigenvalue weighted by atomic mass is 10.0. The second-order valence-electron chi connectivity index (χ2n) is 3.35. The topological polar surface area (TPSA) is 18.5 Å². The fraction of sp³-hybridized carbons (Fsp3) is 0.455. The van der Waals surface area contributed by atoms with Gasteiger partial charge in [0.2, 0.25) is 0 Å². The molecule has 0 aliphatic carbocycles. The van der Waals surface area contributed by atoms with E-state index in [1.165, 1.54) is 0 Å². The minimum absolute atomic E-state index is 0. The van der Waals surface area contributed by atoms with Crippen LogP contribution in [0.15, 0.2) is 30.3 Å². The van der Waals surface area contributed by atoms with Crippen LogP contribution in [0.4, 0.5) is 0 Å². The first-order valence-electron chi connectivity index (χ1n) is 4.91. The lowest BCUT2D eigenvalue weighted by Gasteiger charge is -2.27. The summed E-state index contributed by atoms with van der Waals surface area (Å²) in [6.45, 7) is 1.39. The summed E-state index contributed by atoms with van der Waals surface area (Å²) >= 11 is 0. The van der Waals surface area contributed by atoms with Gasteiger partial charge in [-0.05, 0) is 6.16 Å². The number of halogens is 1. The Morgan fingerprint density at radius 1 is 1.13 bits per heavy atom. The van der Waals surface area contributed by atoms with Gasteiger partial charge in [-0.2, -0.15) is 0 Å². The van der Waals surface area contributed by atoms with Gasteiger partial charge in [0, 0.05) is 12.0 Å². The molecular weight excluding hydrogens is 275 g/mol. The Morgan fingerprint density at radius 2 is 1.73 bits per heavy atom. The highest BCUT2D eigenvalue weighted by atomic mass is 79.9. The standard InChI is InChI=1S/C11H15O2P.BrH/c14-9-6-11(12-7-8-13-11)10-4-2-1-3-5-10;/h1-5H,6-9,14H2;1H. The van der Waals surface area contributed by atoms with Crippen LogP contribution in [-0.2, 0) is 15.3 Å². The van der Waals surface area contributed by atoms with Gasteiger partial charge in [0.1, 0.15) is 0 Å². The molecule has 1 aliphatic rings. The monoisotopic (exact) mass is 290 g/mol. The molecule has 0 radical (unpaired) electrons. The highest BCUT2D eigenvalue weighted by molar-refractivity contribution is 8.93. The molecule has 1 unspecified atom stereocenters. The minimum Gasteiger partial charge on any atom is -0.343 e. The Hall–Kier alpha value is 0.0500. The number of hydrogen-bond acceptors (Lipinski definition) is 2. The van der Waals surface area contributed by atoms with E-state index >= 15 is 0 Å². The van der Waals surface area contributed by atoms with E-state index in [1.807, 2.05) is 18.2 Å². The van der Waals surface area contributed by atoms with Crippen LogP contribution in [0.25, 0.3) is 0 Å². The molecular formula is C11H16BrO2P. The highest BCUT2D eigenvalue weighted by Gasteiger charge is 2.37. The van der Waals surface area contributed by atoms with Crippen LogP contribution in [-0.4, -0.2) is 19.4 Å². The zero-order chi connectivity index (χ0) is 9.86. The van der Waals surface area contributed by atoms with Gasteiger partial charge < -0.3 is 9.47 Å². The first-order chi connectivity index (χ1) is 6.87. The predicted octanol–water partition coefficient (Wildman–Crippen LogP) is 2.73. The van der Waals surface area contributed by atoms with E-state index in [4.69, 9.17) is 9.47 Å². The van der Waals surface area contributed by atoms with E-state index in [0.717, 1.165) is 18.1 Å². The van der Waals surface area contributed by atoms with Crippen molar-refractivity contribution < 1.29 is 9.47 Å². The van der Waals surface area contributed by atoms with Crippen molar-refractivity contribution in [2.24, 2.45) is 0 Å². The van der Waals surface area contributed by atoms with Gasteiger partial charge in [-0.1, -0.05) is 30.3 Å². The van der Waals surface area contributed by atoms with Crippen molar-refractivity contribution in [2.75, 3.05) is 19.4 Å². The average molecular weight is 291 g/mol. The maximum absolute atomic E-state index is 5.73. The van der Waals surface area contributed by atoms with Gasteiger partial charge in [0.05, 0.1) is 13.2 Å². The Balaban J connectivity index is 0.00000112. The summed E-state index contributed by atoms with van der Waals surface area (Å²) in [7, 11) is 2.72. The van der Waals surface area contributed by atoms with Crippen LogP contribution in [0.3, 0.4) is 0 Å². The van der Waals surface area contributed by atoms with Crippen molar-refractivity contribution in [3.8, 4) is 0 Å². The molecule has 0 aromatic heterocycles. The molecule has 0 bridgehead atoms. The number of hydrogen-bond donors (Lipinski definition) is 0. The Morgan fingerprint density at radius 3 is 2.27 bits per heavy atom. The van der Waals surface area contributed by atoms with Gasteiger partial charge in [-0.15, -0.1) is 26.2 Å². The second kappa shape index (κ2) is 5.95. The average Bonchev–Trinajstić information content (AvgIpc) is 2.70. The van der Waals surface area contributed by atoms with E-state index < -0.39 is 5.79 Å². The molecule has 2 rings (SSSR count). The van der Waals surface area contributed by atoms with Crippen LogP contribution < -0.4 is 0 Å². The summed E-state index contributed by atoms with van der Waals surface area (Å²) in [6, 6.07) is 10.2. The minimum atomic E-state index is -0.483. The van der Waals surface area contributed by atoms with Crippen LogP contribution in [0.5, 0.6) is 0 Å². The molecule has 2 nitrogen and oxygen atoms in total. The van der Waals surface area contributed by atoms with Gasteiger partial charge >= 0.3 is 0 Å². The maximum Gasteiger partial charge on any atom is 0.195 e. The third-order valence-electron chi connectivity index (χ3n) is 2.44. The molecule has 1 aromatic rings. The SMILES string of the molecule is Br.PCCC1(c2ccccc2)OCCO1. The van der Waals surface area contributed by atoms with Gasteiger partial charge in [-0.25, -0.2) is 0 Å². The number of ether oxygens (including phenoxy) is 2. The van der Waals surface area contributed by atoms with Crippen molar-refractivity contribution in [2.45, 2.75) is 12.2 Å². The van der Waals surface area contributed by atoms with Crippen molar-refractivity contribution in [3.05, 3.63) is 35.9 Å². The van der Waals surface area contributed by atoms with E-state index in [9.17, 15) is 0 Å². The van der Waals surface area contributed by atoms with E-state index in [0.29, 0.717) is 13.2 Å². The molecule has 84 valence electrons. The quantitative estimate of drug-likeness (QED) is 0.797. The summed E-state index contributed by atoms with van der Waals surface area (Å²) in [5.74, 6) is -0.483. The third kappa shape index (κ3) is 2.79. The molecule has 1 aromatic carbocycles. The van der Waals surface area contributed by atoms with Crippen LogP contribution in [0.1, 0.15) is 12.0 Å². The molecule has 1 aliphatic heterocycles. The van der Waals surface area contributed by atoms with Crippen LogP contribution in [0.2, 0.25) is 0 Å². The number of benzene rings is 1. The first-order valence-corrected chi connectivity index (χ1v) is 5.72. The molecule has 1 atom stereocenters. The maximum atomic E-state index is 5.73. The molecule has 1 heterocycles. The van der Waals surface area contributed by atoms with Crippen LogP contribution in [0, 0.1) is 0 Å². The zero-order valence-corrected chi connectivity index (χ0v) is 11.4. The molecule has 1 fully saturated rings. The predicted molar refractivity (Wildman–Crippen MR) is 69.5 cm³/mol. The summed E-state index contributed by atoms with van der Waals surface area (Å²) in [4.78, 5) is 0. The smallest absolute Gasteiger partial charge is 0.195 e. The fourth-order valence-electron chi connectivity index (χ4n) is 1.79. The van der Waals surface area contributed by atoms with Gasteiger partial charge in [0.25, 0.3) is 0 Å². The molecule has 0 N–H and O–H groups in total.